The van der Waals surface area contributed by atoms with Gasteiger partial charge in [-0.3, -0.25) is 14.5 Å². The molecular weight excluding hydrogens is 496 g/mol. The smallest absolute Gasteiger partial charge is 0.295 e. The first-order valence-corrected chi connectivity index (χ1v) is 13.1. The van der Waals surface area contributed by atoms with Crippen molar-refractivity contribution in [1.82, 2.24) is 9.80 Å². The molecule has 2 heterocycles. The van der Waals surface area contributed by atoms with Gasteiger partial charge in [-0.05, 0) is 60.5 Å². The Morgan fingerprint density at radius 2 is 1.62 bits per heavy atom. The summed E-state index contributed by atoms with van der Waals surface area (Å²) in [6.45, 7) is 4.24. The highest BCUT2D eigenvalue weighted by atomic mass is 16.5. The number of carbonyl (C=O) groups excluding carboxylic acids is 2. The summed E-state index contributed by atoms with van der Waals surface area (Å²) in [5, 5.41) is 11.3. The SMILES string of the molecule is COc1ccc(C(O)=C2C(=O)C(=O)N(CCCN3CCOCC3)[C@@H]2c2cccc(Oc3ccccc3)c2)cc1. The molecule has 1 N–H and O–H groups in total. The van der Waals surface area contributed by atoms with E-state index in [0.29, 0.717) is 54.6 Å². The third-order valence-electron chi connectivity index (χ3n) is 7.03. The number of aliphatic hydroxyl groups is 1. The van der Waals surface area contributed by atoms with Gasteiger partial charge in [-0.2, -0.15) is 0 Å². The predicted molar refractivity (Wildman–Crippen MR) is 147 cm³/mol. The van der Waals surface area contributed by atoms with Crippen molar-refractivity contribution in [3.05, 3.63) is 95.6 Å². The van der Waals surface area contributed by atoms with Crippen molar-refractivity contribution in [2.45, 2.75) is 12.5 Å². The van der Waals surface area contributed by atoms with E-state index in [4.69, 9.17) is 14.2 Å². The first-order chi connectivity index (χ1) is 19.0. The van der Waals surface area contributed by atoms with E-state index >= 15 is 0 Å². The lowest BCUT2D eigenvalue weighted by Crippen LogP contribution is -2.38. The number of nitrogens with zero attached hydrogens (tertiary/aromatic N) is 2. The molecule has 1 atom stereocenters. The maximum absolute atomic E-state index is 13.4. The summed E-state index contributed by atoms with van der Waals surface area (Å²) in [5.41, 5.74) is 1.18. The lowest BCUT2D eigenvalue weighted by Gasteiger charge is -2.29. The van der Waals surface area contributed by atoms with Crippen LogP contribution in [-0.2, 0) is 14.3 Å². The molecule has 8 heteroatoms. The molecule has 39 heavy (non-hydrogen) atoms. The second-order valence-electron chi connectivity index (χ2n) is 9.52. The van der Waals surface area contributed by atoms with Crippen LogP contribution in [0.1, 0.15) is 23.6 Å². The maximum atomic E-state index is 13.4. The van der Waals surface area contributed by atoms with Gasteiger partial charge in [-0.1, -0.05) is 30.3 Å². The first kappa shape index (κ1) is 26.5. The molecule has 0 bridgehead atoms. The Bertz CT molecular complexity index is 1330. The minimum atomic E-state index is -0.754. The molecule has 0 aliphatic carbocycles. The number of rotatable bonds is 9. The van der Waals surface area contributed by atoms with E-state index in [0.717, 1.165) is 19.6 Å². The molecule has 5 rings (SSSR count). The van der Waals surface area contributed by atoms with E-state index < -0.39 is 17.7 Å². The fourth-order valence-electron chi connectivity index (χ4n) is 5.02. The number of aliphatic hydroxyl groups excluding tert-OH is 1. The van der Waals surface area contributed by atoms with Crippen molar-refractivity contribution in [3.63, 3.8) is 0 Å². The average Bonchev–Trinajstić information content (AvgIpc) is 3.23. The highest BCUT2D eigenvalue weighted by Gasteiger charge is 2.46. The van der Waals surface area contributed by atoms with Crippen molar-refractivity contribution in [3.8, 4) is 17.2 Å². The van der Waals surface area contributed by atoms with E-state index in [1.54, 1.807) is 36.3 Å². The molecule has 0 saturated carbocycles. The molecule has 0 radical (unpaired) electrons. The first-order valence-electron chi connectivity index (χ1n) is 13.1. The summed E-state index contributed by atoms with van der Waals surface area (Å²) >= 11 is 0. The number of para-hydroxylation sites is 1. The number of methoxy groups -OCH3 is 1. The van der Waals surface area contributed by atoms with E-state index in [2.05, 4.69) is 4.90 Å². The highest BCUT2D eigenvalue weighted by molar-refractivity contribution is 6.46. The molecule has 202 valence electrons. The number of morpholine rings is 1. The summed E-state index contributed by atoms with van der Waals surface area (Å²) < 4.78 is 16.7. The van der Waals surface area contributed by atoms with Gasteiger partial charge < -0.3 is 24.2 Å². The summed E-state index contributed by atoms with van der Waals surface area (Å²) in [7, 11) is 1.56. The van der Waals surface area contributed by atoms with Crippen LogP contribution in [0.2, 0.25) is 0 Å². The second-order valence-corrected chi connectivity index (χ2v) is 9.52. The number of amides is 1. The van der Waals surface area contributed by atoms with Crippen LogP contribution in [0, 0.1) is 0 Å². The number of ketones is 1. The van der Waals surface area contributed by atoms with Gasteiger partial charge in [0.1, 0.15) is 23.0 Å². The fraction of sp³-hybridized carbons (Fsp3) is 0.290. The predicted octanol–water partition coefficient (Wildman–Crippen LogP) is 4.63. The van der Waals surface area contributed by atoms with Crippen molar-refractivity contribution in [1.29, 1.82) is 0 Å². The quantitative estimate of drug-likeness (QED) is 0.246. The highest BCUT2D eigenvalue weighted by Crippen LogP contribution is 2.41. The zero-order chi connectivity index (χ0) is 27.2. The Hall–Kier alpha value is -4.14. The zero-order valence-electron chi connectivity index (χ0n) is 21.9. The van der Waals surface area contributed by atoms with Crippen LogP contribution in [0.25, 0.3) is 5.76 Å². The number of ether oxygens (including phenoxy) is 3. The maximum Gasteiger partial charge on any atom is 0.295 e. The van der Waals surface area contributed by atoms with Crippen molar-refractivity contribution in [2.75, 3.05) is 46.5 Å². The normalized spacial score (nSPS) is 19.3. The number of hydrogen-bond donors (Lipinski definition) is 1. The van der Waals surface area contributed by atoms with Crippen molar-refractivity contribution < 1.29 is 28.9 Å². The molecule has 0 unspecified atom stereocenters. The van der Waals surface area contributed by atoms with Gasteiger partial charge in [0, 0.05) is 31.7 Å². The largest absolute Gasteiger partial charge is 0.507 e. The Kier molecular flexibility index (Phi) is 8.24. The van der Waals surface area contributed by atoms with E-state index in [1.165, 1.54) is 0 Å². The molecule has 0 aromatic heterocycles. The molecule has 1 amide bonds. The molecule has 8 nitrogen and oxygen atoms in total. The Balaban J connectivity index is 1.49. The van der Waals surface area contributed by atoms with Gasteiger partial charge in [0.2, 0.25) is 0 Å². The third-order valence-corrected chi connectivity index (χ3v) is 7.03. The molecule has 3 aromatic carbocycles. The fourth-order valence-corrected chi connectivity index (χ4v) is 5.02. The lowest BCUT2D eigenvalue weighted by atomic mass is 9.95. The molecule has 2 aliphatic rings. The van der Waals surface area contributed by atoms with Gasteiger partial charge in [-0.25, -0.2) is 0 Å². The minimum Gasteiger partial charge on any atom is -0.507 e. The Morgan fingerprint density at radius 3 is 2.33 bits per heavy atom. The van der Waals surface area contributed by atoms with Gasteiger partial charge >= 0.3 is 0 Å². The summed E-state index contributed by atoms with van der Waals surface area (Å²) in [5.74, 6) is 0.332. The van der Waals surface area contributed by atoms with Gasteiger partial charge in [0.05, 0.1) is 31.9 Å². The summed E-state index contributed by atoms with van der Waals surface area (Å²) in [6, 6.07) is 22.7. The second kappa shape index (κ2) is 12.1. The minimum absolute atomic E-state index is 0.0633. The Morgan fingerprint density at radius 1 is 0.897 bits per heavy atom. The number of likely N-dealkylation sites (tertiary alicyclic amines) is 1. The van der Waals surface area contributed by atoms with Crippen molar-refractivity contribution in [2.24, 2.45) is 0 Å². The van der Waals surface area contributed by atoms with E-state index in [9.17, 15) is 14.7 Å². The van der Waals surface area contributed by atoms with Gasteiger partial charge in [0.15, 0.2) is 0 Å². The molecule has 2 aliphatic heterocycles. The number of Topliss-reactive ketones (excluding diaryl/α,β-unsaturated/α-hetero) is 1. The van der Waals surface area contributed by atoms with Gasteiger partial charge in [-0.15, -0.1) is 0 Å². The number of hydrogen-bond acceptors (Lipinski definition) is 7. The zero-order valence-corrected chi connectivity index (χ0v) is 21.9. The monoisotopic (exact) mass is 528 g/mol. The van der Waals surface area contributed by atoms with E-state index in [1.807, 2.05) is 54.6 Å². The number of carbonyl (C=O) groups is 2. The molecule has 2 fully saturated rings. The summed E-state index contributed by atoms with van der Waals surface area (Å²) in [6.07, 6.45) is 0.687. The average molecular weight is 529 g/mol. The Labute approximate surface area is 228 Å². The molecule has 3 aromatic rings. The van der Waals surface area contributed by atoms with Crippen LogP contribution in [0.15, 0.2) is 84.4 Å². The molecule has 0 spiro atoms. The topological polar surface area (TPSA) is 88.5 Å². The van der Waals surface area contributed by atoms with Crippen LogP contribution >= 0.6 is 0 Å². The number of benzene rings is 3. The van der Waals surface area contributed by atoms with Crippen LogP contribution in [-0.4, -0.2) is 73.1 Å². The standard InChI is InChI=1S/C31H32N2O6/c1-37-24-13-11-22(12-14-24)29(34)27-28(23-7-5-10-26(21-23)39-25-8-3-2-4-9-25)33(31(36)30(27)35)16-6-15-32-17-19-38-20-18-32/h2-5,7-14,21,28,34H,6,15-20H2,1H3/t28-/m1/s1. The molecule has 2 saturated heterocycles. The molecular formula is C31H32N2O6. The van der Waals surface area contributed by atoms with Crippen molar-refractivity contribution >= 4 is 17.4 Å². The van der Waals surface area contributed by atoms with Crippen LogP contribution in [0.3, 0.4) is 0 Å². The third kappa shape index (κ3) is 5.97. The lowest BCUT2D eigenvalue weighted by molar-refractivity contribution is -0.140. The van der Waals surface area contributed by atoms with Crippen LogP contribution < -0.4 is 9.47 Å². The van der Waals surface area contributed by atoms with Crippen LogP contribution in [0.5, 0.6) is 17.2 Å². The summed E-state index contributed by atoms with van der Waals surface area (Å²) in [4.78, 5) is 30.6. The van der Waals surface area contributed by atoms with E-state index in [-0.39, 0.29) is 11.3 Å². The van der Waals surface area contributed by atoms with Crippen LogP contribution in [0.4, 0.5) is 0 Å². The van der Waals surface area contributed by atoms with Gasteiger partial charge in [0.25, 0.3) is 11.7 Å².